The van der Waals surface area contributed by atoms with Gasteiger partial charge in [-0.15, -0.1) is 0 Å². The molecule has 1 heterocycles. The zero-order chi connectivity index (χ0) is 15.7. The predicted molar refractivity (Wildman–Crippen MR) is 82.4 cm³/mol. The van der Waals surface area contributed by atoms with E-state index in [2.05, 4.69) is 17.6 Å². The van der Waals surface area contributed by atoms with Crippen molar-refractivity contribution in [3.05, 3.63) is 33.1 Å². The monoisotopic (exact) mass is 304 g/mol. The van der Waals surface area contributed by atoms with Gasteiger partial charge in [0.1, 0.15) is 0 Å². The molecule has 0 saturated heterocycles. The Kier molecular flexibility index (Phi) is 9.28. The number of hydrogen-bond donors (Lipinski definition) is 4. The van der Waals surface area contributed by atoms with Crippen molar-refractivity contribution >= 4 is 12.6 Å². The number of nitrogens with one attached hydrogen (secondary N) is 1. The molecule has 0 spiro atoms. The molecule has 1 aromatic heterocycles. The van der Waals surface area contributed by atoms with Gasteiger partial charge in [0.2, 0.25) is 0 Å². The normalized spacial score (nSPS) is 20.9. The largest absolute Gasteiger partial charge is 0.394 e. The molecular formula is C13H24N2O4S. The van der Waals surface area contributed by atoms with Crippen molar-refractivity contribution in [2.24, 2.45) is 5.92 Å². The minimum Gasteiger partial charge on any atom is -0.394 e. The second-order valence-electron chi connectivity index (χ2n) is 4.15. The van der Waals surface area contributed by atoms with E-state index >= 15 is 0 Å². The summed E-state index contributed by atoms with van der Waals surface area (Å²) in [5, 5.41) is 17.9. The first-order chi connectivity index (χ1) is 9.61. The van der Waals surface area contributed by atoms with Crippen LogP contribution in [0, 0.1) is 5.92 Å². The van der Waals surface area contributed by atoms with Crippen LogP contribution in [-0.2, 0) is 0 Å². The fourth-order valence-electron chi connectivity index (χ4n) is 1.94. The van der Waals surface area contributed by atoms with Crippen LogP contribution < -0.4 is 11.2 Å². The topological polar surface area (TPSA) is 95.3 Å². The van der Waals surface area contributed by atoms with Crippen LogP contribution in [-0.4, -0.2) is 38.7 Å². The average molecular weight is 304 g/mol. The van der Waals surface area contributed by atoms with Crippen LogP contribution in [0.2, 0.25) is 0 Å². The van der Waals surface area contributed by atoms with Crippen molar-refractivity contribution in [3.8, 4) is 0 Å². The van der Waals surface area contributed by atoms with Crippen molar-refractivity contribution in [1.29, 1.82) is 0 Å². The van der Waals surface area contributed by atoms with Gasteiger partial charge in [0.15, 0.2) is 0 Å². The average Bonchev–Trinajstić information content (AvgIpc) is 3.22. The SMILES string of the molecule is CC.CS.O=c1ccn(C2CC2CC(O)CO)c(=O)[nH]1. The maximum absolute atomic E-state index is 11.4. The van der Waals surface area contributed by atoms with Crippen LogP contribution in [0.5, 0.6) is 0 Å². The molecule has 7 heteroatoms. The molecule has 0 amide bonds. The lowest BCUT2D eigenvalue weighted by molar-refractivity contribution is 0.0825. The van der Waals surface area contributed by atoms with Crippen molar-refractivity contribution in [1.82, 2.24) is 9.55 Å². The van der Waals surface area contributed by atoms with Crippen molar-refractivity contribution < 1.29 is 10.2 Å². The first kappa shape index (κ1) is 18.9. The molecule has 0 aliphatic heterocycles. The van der Waals surface area contributed by atoms with Gasteiger partial charge >= 0.3 is 5.69 Å². The molecule has 1 aromatic rings. The van der Waals surface area contributed by atoms with Crippen molar-refractivity contribution in [3.63, 3.8) is 0 Å². The Balaban J connectivity index is 0.000000829. The van der Waals surface area contributed by atoms with Gasteiger partial charge in [0, 0.05) is 18.3 Å². The van der Waals surface area contributed by atoms with E-state index in [-0.39, 0.29) is 18.6 Å². The molecule has 1 aliphatic rings. The fourth-order valence-corrected chi connectivity index (χ4v) is 1.94. The van der Waals surface area contributed by atoms with E-state index in [1.54, 1.807) is 6.26 Å². The van der Waals surface area contributed by atoms with Gasteiger partial charge in [0.25, 0.3) is 5.56 Å². The Morgan fingerprint density at radius 1 is 1.45 bits per heavy atom. The van der Waals surface area contributed by atoms with Crippen LogP contribution in [0.4, 0.5) is 0 Å². The number of aliphatic hydroxyl groups is 2. The Hall–Kier alpha value is -1.05. The molecule has 0 radical (unpaired) electrons. The molecule has 20 heavy (non-hydrogen) atoms. The predicted octanol–water partition coefficient (Wildman–Crippen LogP) is 0.413. The second-order valence-corrected chi connectivity index (χ2v) is 4.15. The van der Waals surface area contributed by atoms with E-state index in [0.717, 1.165) is 6.42 Å². The maximum Gasteiger partial charge on any atom is 0.328 e. The third-order valence-corrected chi connectivity index (χ3v) is 2.88. The molecule has 2 rings (SSSR count). The minimum absolute atomic E-state index is 0.0329. The van der Waals surface area contributed by atoms with E-state index in [0.29, 0.717) is 6.42 Å². The van der Waals surface area contributed by atoms with Crippen LogP contribution in [0.1, 0.15) is 32.7 Å². The van der Waals surface area contributed by atoms with E-state index in [9.17, 15) is 14.7 Å². The van der Waals surface area contributed by atoms with E-state index in [4.69, 9.17) is 5.11 Å². The molecule has 1 fully saturated rings. The highest BCUT2D eigenvalue weighted by molar-refractivity contribution is 7.79. The highest BCUT2D eigenvalue weighted by Crippen LogP contribution is 2.45. The molecule has 1 saturated carbocycles. The summed E-state index contributed by atoms with van der Waals surface area (Å²) in [6.07, 6.45) is 3.71. The number of aliphatic hydroxyl groups excluding tert-OH is 2. The number of nitrogens with zero attached hydrogens (tertiary/aromatic N) is 1. The van der Waals surface area contributed by atoms with E-state index in [1.165, 1.54) is 16.8 Å². The molecule has 0 bridgehead atoms. The van der Waals surface area contributed by atoms with Gasteiger partial charge < -0.3 is 10.2 Å². The van der Waals surface area contributed by atoms with Crippen LogP contribution in [0.3, 0.4) is 0 Å². The van der Waals surface area contributed by atoms with E-state index in [1.807, 2.05) is 13.8 Å². The summed E-state index contributed by atoms with van der Waals surface area (Å²) in [4.78, 5) is 24.5. The Labute approximate surface area is 123 Å². The van der Waals surface area contributed by atoms with Gasteiger partial charge in [-0.2, -0.15) is 12.6 Å². The summed E-state index contributed by atoms with van der Waals surface area (Å²) in [5.41, 5.74) is -0.827. The zero-order valence-electron chi connectivity index (χ0n) is 12.1. The lowest BCUT2D eigenvalue weighted by atomic mass is 10.2. The molecule has 3 unspecified atom stereocenters. The molecule has 6 nitrogen and oxygen atoms in total. The number of aromatic nitrogens is 2. The quantitative estimate of drug-likeness (QED) is 0.606. The molecule has 1 aliphatic carbocycles. The third kappa shape index (κ3) is 5.52. The summed E-state index contributed by atoms with van der Waals surface area (Å²) in [5.74, 6) is 0.200. The summed E-state index contributed by atoms with van der Waals surface area (Å²) < 4.78 is 1.47. The summed E-state index contributed by atoms with van der Waals surface area (Å²) >= 11 is 3.53. The first-order valence-corrected chi connectivity index (χ1v) is 7.56. The lowest BCUT2D eigenvalue weighted by Gasteiger charge is -2.07. The zero-order valence-corrected chi connectivity index (χ0v) is 13.0. The van der Waals surface area contributed by atoms with Crippen LogP contribution in [0.25, 0.3) is 0 Å². The number of thiol groups is 1. The second kappa shape index (κ2) is 9.79. The third-order valence-electron chi connectivity index (χ3n) is 2.88. The summed E-state index contributed by atoms with van der Waals surface area (Å²) in [7, 11) is 0. The standard InChI is InChI=1S/C10H14N2O4.C2H6.CH4S/c13-5-7(14)3-6-4-8(6)12-2-1-9(15)11-10(12)16;2*1-2/h1-2,6-8,13-14H,3-5H2,(H,11,15,16);1-2H3;2H,1H3. The van der Waals surface area contributed by atoms with Crippen molar-refractivity contribution in [2.75, 3.05) is 12.9 Å². The fraction of sp³-hybridized carbons (Fsp3) is 0.692. The van der Waals surface area contributed by atoms with Crippen LogP contribution >= 0.6 is 12.6 Å². The number of hydrogen-bond acceptors (Lipinski definition) is 5. The highest BCUT2D eigenvalue weighted by atomic mass is 32.1. The van der Waals surface area contributed by atoms with E-state index < -0.39 is 17.4 Å². The molecule has 3 atom stereocenters. The Morgan fingerprint density at radius 3 is 2.55 bits per heavy atom. The van der Waals surface area contributed by atoms with Gasteiger partial charge in [-0.1, -0.05) is 13.8 Å². The summed E-state index contributed by atoms with van der Waals surface area (Å²) in [6, 6.07) is 1.34. The summed E-state index contributed by atoms with van der Waals surface area (Å²) in [6.45, 7) is 3.74. The maximum atomic E-state index is 11.4. The molecule has 0 aromatic carbocycles. The van der Waals surface area contributed by atoms with Gasteiger partial charge in [-0.25, -0.2) is 4.79 Å². The molecule has 116 valence electrons. The van der Waals surface area contributed by atoms with Gasteiger partial charge in [-0.05, 0) is 25.0 Å². The number of rotatable bonds is 4. The van der Waals surface area contributed by atoms with Gasteiger partial charge in [-0.3, -0.25) is 14.3 Å². The molecular weight excluding hydrogens is 280 g/mol. The lowest BCUT2D eigenvalue weighted by Crippen LogP contribution is -2.28. The van der Waals surface area contributed by atoms with Gasteiger partial charge in [0.05, 0.1) is 12.7 Å². The number of H-pyrrole nitrogens is 1. The first-order valence-electron chi connectivity index (χ1n) is 6.67. The smallest absolute Gasteiger partial charge is 0.328 e. The minimum atomic E-state index is -0.728. The highest BCUT2D eigenvalue weighted by Gasteiger charge is 2.40. The van der Waals surface area contributed by atoms with Crippen molar-refractivity contribution in [2.45, 2.75) is 38.8 Å². The Bertz CT molecular complexity index is 486. The van der Waals surface area contributed by atoms with Crippen LogP contribution in [0.15, 0.2) is 21.9 Å². The Morgan fingerprint density at radius 2 is 2.05 bits per heavy atom. The number of aromatic amines is 1. The molecule has 3 N–H and O–H groups in total.